The molecular formula is C38H39Cl2N9O3. The van der Waals surface area contributed by atoms with Crippen LogP contribution in [0.1, 0.15) is 43.4 Å². The number of rotatable bonds is 10. The number of hydrogen-bond donors (Lipinski definition) is 3. The number of carbonyl (C=O) groups is 2. The maximum atomic E-state index is 11.9. The van der Waals surface area contributed by atoms with Gasteiger partial charge in [0, 0.05) is 92.7 Å². The van der Waals surface area contributed by atoms with Gasteiger partial charge in [0.1, 0.15) is 11.2 Å². The Hall–Kier alpha value is -4.62. The average molecular weight is 741 g/mol. The van der Waals surface area contributed by atoms with Crippen molar-refractivity contribution < 1.29 is 14.3 Å². The predicted octanol–water partition coefficient (Wildman–Crippen LogP) is 5.30. The molecule has 1 spiro atoms. The molecule has 2 amide bonds. The van der Waals surface area contributed by atoms with Crippen molar-refractivity contribution in [1.82, 2.24) is 45.4 Å². The number of fused-ring (bicyclic) bond motifs is 1. The predicted molar refractivity (Wildman–Crippen MR) is 200 cm³/mol. The van der Waals surface area contributed by atoms with Crippen molar-refractivity contribution >= 4 is 46.2 Å². The number of benzene rings is 2. The third-order valence-electron chi connectivity index (χ3n) is 10.4. The van der Waals surface area contributed by atoms with Gasteiger partial charge in [0.2, 0.25) is 17.7 Å². The fourth-order valence-electron chi connectivity index (χ4n) is 7.75. The molecule has 6 heterocycles. The Morgan fingerprint density at radius 3 is 2.33 bits per heavy atom. The molecular weight excluding hydrogens is 701 g/mol. The van der Waals surface area contributed by atoms with E-state index < -0.39 is 0 Å². The normalized spacial score (nSPS) is 20.3. The Morgan fingerprint density at radius 2 is 1.65 bits per heavy atom. The first-order chi connectivity index (χ1) is 25.2. The van der Waals surface area contributed by atoms with Crippen LogP contribution in [-0.2, 0) is 29.7 Å². The summed E-state index contributed by atoms with van der Waals surface area (Å²) in [7, 11) is 3.54. The first-order valence-electron chi connectivity index (χ1n) is 17.5. The van der Waals surface area contributed by atoms with Gasteiger partial charge in [0.05, 0.1) is 46.5 Å². The molecule has 14 heteroatoms. The van der Waals surface area contributed by atoms with Crippen LogP contribution in [0.4, 0.5) is 0 Å². The molecule has 0 aliphatic carbocycles. The van der Waals surface area contributed by atoms with Gasteiger partial charge in [-0.3, -0.25) is 24.5 Å². The van der Waals surface area contributed by atoms with E-state index in [1.807, 2.05) is 48.0 Å². The van der Waals surface area contributed by atoms with E-state index in [1.54, 1.807) is 19.5 Å². The number of amides is 2. The Balaban J connectivity index is 1.03. The Labute approximate surface area is 311 Å². The largest absolute Gasteiger partial charge is 0.480 e. The van der Waals surface area contributed by atoms with E-state index in [4.69, 9.17) is 42.9 Å². The van der Waals surface area contributed by atoms with Crippen LogP contribution in [0.15, 0.2) is 55.0 Å². The van der Waals surface area contributed by atoms with Crippen molar-refractivity contribution in [1.29, 1.82) is 0 Å². The fraction of sp³-hybridized carbons (Fsp3) is 0.368. The maximum absolute atomic E-state index is 11.9. The molecule has 8 rings (SSSR count). The SMILES string of the molecule is COc1nc(-c2cccc(-c3cccc(-c4cnc5c(CN6CCC7(CCC(=O)N7)C6)cn(C)c5n4)c3Cl)c2Cl)cnc1CNCC1CCC(=O)N1. The molecule has 5 aromatic rings. The second-order valence-corrected chi connectivity index (χ2v) is 14.7. The minimum Gasteiger partial charge on any atom is -0.480 e. The standard InChI is InChI=1S/C38H39Cl2N9O3/c1-48-19-22(20-49-14-13-38(21-49)12-11-32(51)47-38)35-36(48)45-28(18-43-35)26-7-3-5-24(33(26)39)25-6-4-8-27(34(25)40)29-17-42-30(37(46-29)52-2)16-41-15-23-9-10-31(50)44-23/h3-8,17-19,23,41H,9-16,20-21H2,1-2H3,(H,44,50)(H,47,51). The van der Waals surface area contributed by atoms with E-state index in [9.17, 15) is 9.59 Å². The molecule has 2 atom stereocenters. The third kappa shape index (κ3) is 6.60. The van der Waals surface area contributed by atoms with Gasteiger partial charge in [0.25, 0.3) is 0 Å². The van der Waals surface area contributed by atoms with Crippen LogP contribution in [0.3, 0.4) is 0 Å². The lowest BCUT2D eigenvalue weighted by molar-refractivity contribution is -0.120. The summed E-state index contributed by atoms with van der Waals surface area (Å²) >= 11 is 14.3. The summed E-state index contributed by atoms with van der Waals surface area (Å²) in [6.07, 6.45) is 9.41. The topological polar surface area (TPSA) is 139 Å². The molecule has 3 aliphatic rings. The molecule has 2 aromatic carbocycles. The Kier molecular flexibility index (Phi) is 9.33. The minimum atomic E-state index is -0.0927. The van der Waals surface area contributed by atoms with Crippen LogP contribution in [0.25, 0.3) is 44.8 Å². The van der Waals surface area contributed by atoms with Gasteiger partial charge in [-0.25, -0.2) is 9.97 Å². The van der Waals surface area contributed by atoms with Gasteiger partial charge in [-0.1, -0.05) is 59.6 Å². The van der Waals surface area contributed by atoms with Crippen molar-refractivity contribution in [3.05, 3.63) is 76.3 Å². The Morgan fingerprint density at radius 1 is 0.942 bits per heavy atom. The number of halogens is 2. The quantitative estimate of drug-likeness (QED) is 0.174. The molecule has 2 unspecified atom stereocenters. The molecule has 12 nitrogen and oxygen atoms in total. The van der Waals surface area contributed by atoms with Crippen LogP contribution in [0, 0.1) is 0 Å². The number of aromatic nitrogens is 5. The average Bonchev–Trinajstić information content (AvgIpc) is 3.92. The lowest BCUT2D eigenvalue weighted by Crippen LogP contribution is -2.43. The smallest absolute Gasteiger partial charge is 0.237 e. The van der Waals surface area contributed by atoms with E-state index >= 15 is 0 Å². The number of likely N-dealkylation sites (tertiary alicyclic amines) is 1. The lowest BCUT2D eigenvalue weighted by Gasteiger charge is -2.23. The highest BCUT2D eigenvalue weighted by Crippen LogP contribution is 2.42. The lowest BCUT2D eigenvalue weighted by atomic mass is 9.97. The fourth-order valence-corrected chi connectivity index (χ4v) is 8.40. The number of carbonyl (C=O) groups excluding carboxylic acids is 2. The zero-order valence-corrected chi connectivity index (χ0v) is 30.5. The number of nitrogens with one attached hydrogen (secondary N) is 3. The summed E-state index contributed by atoms with van der Waals surface area (Å²) in [6, 6.07) is 11.7. The van der Waals surface area contributed by atoms with Gasteiger partial charge < -0.3 is 25.3 Å². The summed E-state index contributed by atoms with van der Waals surface area (Å²) in [5.41, 5.74) is 7.44. The molecule has 3 aliphatic heterocycles. The van der Waals surface area contributed by atoms with Crippen LogP contribution in [0.5, 0.6) is 5.88 Å². The molecule has 268 valence electrons. The van der Waals surface area contributed by atoms with Crippen molar-refractivity contribution in [3.8, 4) is 39.5 Å². The molecule has 3 fully saturated rings. The summed E-state index contributed by atoms with van der Waals surface area (Å²) in [5, 5.41) is 10.5. The van der Waals surface area contributed by atoms with Crippen LogP contribution in [-0.4, -0.2) is 79.5 Å². The minimum absolute atomic E-state index is 0.0851. The van der Waals surface area contributed by atoms with Gasteiger partial charge in [0.15, 0.2) is 5.65 Å². The molecule has 0 bridgehead atoms. The molecule has 3 saturated heterocycles. The zero-order valence-electron chi connectivity index (χ0n) is 29.0. The van der Waals surface area contributed by atoms with E-state index in [1.165, 1.54) is 0 Å². The van der Waals surface area contributed by atoms with Crippen LogP contribution in [0.2, 0.25) is 10.0 Å². The second-order valence-electron chi connectivity index (χ2n) is 14.0. The molecule has 3 N–H and O–H groups in total. The van der Waals surface area contributed by atoms with Crippen molar-refractivity contribution in [2.24, 2.45) is 7.05 Å². The van der Waals surface area contributed by atoms with Crippen molar-refractivity contribution in [2.75, 3.05) is 26.7 Å². The monoisotopic (exact) mass is 739 g/mol. The van der Waals surface area contributed by atoms with E-state index in [0.29, 0.717) is 64.5 Å². The number of methoxy groups -OCH3 is 1. The number of hydrogen-bond acceptors (Lipinski definition) is 9. The first-order valence-corrected chi connectivity index (χ1v) is 18.3. The highest BCUT2D eigenvalue weighted by Gasteiger charge is 2.43. The van der Waals surface area contributed by atoms with Crippen LogP contribution >= 0.6 is 23.2 Å². The molecule has 52 heavy (non-hydrogen) atoms. The second kappa shape index (κ2) is 14.1. The molecule has 0 saturated carbocycles. The molecule has 0 radical (unpaired) electrons. The van der Waals surface area contributed by atoms with Crippen molar-refractivity contribution in [2.45, 2.75) is 56.8 Å². The highest BCUT2D eigenvalue weighted by molar-refractivity contribution is 6.39. The zero-order chi connectivity index (χ0) is 36.0. The third-order valence-corrected chi connectivity index (χ3v) is 11.2. The molecule has 3 aromatic heterocycles. The number of aryl methyl sites for hydroxylation is 1. The van der Waals surface area contributed by atoms with E-state index in [0.717, 1.165) is 72.3 Å². The van der Waals surface area contributed by atoms with Gasteiger partial charge >= 0.3 is 0 Å². The maximum Gasteiger partial charge on any atom is 0.237 e. The van der Waals surface area contributed by atoms with Gasteiger partial charge in [-0.15, -0.1) is 0 Å². The summed E-state index contributed by atoms with van der Waals surface area (Å²) in [4.78, 5) is 45.1. The summed E-state index contributed by atoms with van der Waals surface area (Å²) in [5.74, 6) is 0.634. The van der Waals surface area contributed by atoms with Crippen LogP contribution < -0.4 is 20.7 Å². The summed E-state index contributed by atoms with van der Waals surface area (Å²) < 4.78 is 7.61. The summed E-state index contributed by atoms with van der Waals surface area (Å²) in [6.45, 7) is 3.60. The van der Waals surface area contributed by atoms with Gasteiger partial charge in [-0.2, -0.15) is 0 Å². The van der Waals surface area contributed by atoms with E-state index in [-0.39, 0.29) is 23.4 Å². The Bertz CT molecular complexity index is 2210. The first kappa shape index (κ1) is 34.5. The highest BCUT2D eigenvalue weighted by atomic mass is 35.5. The number of nitrogens with zero attached hydrogens (tertiary/aromatic N) is 6. The van der Waals surface area contributed by atoms with E-state index in [2.05, 4.69) is 32.0 Å². The number of ether oxygens (including phenoxy) is 1. The van der Waals surface area contributed by atoms with Gasteiger partial charge in [-0.05, 0) is 19.3 Å². The van der Waals surface area contributed by atoms with Crippen molar-refractivity contribution in [3.63, 3.8) is 0 Å².